The van der Waals surface area contributed by atoms with E-state index in [-0.39, 0.29) is 0 Å². The van der Waals surface area contributed by atoms with Gasteiger partial charge >= 0.3 is 0 Å². The van der Waals surface area contributed by atoms with Crippen LogP contribution in [0.15, 0.2) is 36.5 Å². The summed E-state index contributed by atoms with van der Waals surface area (Å²) in [5.74, 6) is 0. The summed E-state index contributed by atoms with van der Waals surface area (Å²) in [7, 11) is 1.96. The highest BCUT2D eigenvalue weighted by atomic mass is 15.2. The van der Waals surface area contributed by atoms with Crippen LogP contribution in [0.3, 0.4) is 0 Å². The van der Waals surface area contributed by atoms with Crippen molar-refractivity contribution in [3.8, 4) is 11.1 Å². The van der Waals surface area contributed by atoms with Gasteiger partial charge in [-0.05, 0) is 54.3 Å². The van der Waals surface area contributed by atoms with Gasteiger partial charge in [-0.2, -0.15) is 5.10 Å². The molecule has 0 aliphatic heterocycles. The van der Waals surface area contributed by atoms with E-state index in [0.717, 1.165) is 40.6 Å². The first kappa shape index (κ1) is 13.7. The Bertz CT molecular complexity index is 800. The number of hydrogen-bond donors (Lipinski definition) is 1. The molecule has 0 unspecified atom stereocenters. The number of hydrogen-bond acceptors (Lipinski definition) is 2. The molecule has 0 spiro atoms. The third-order valence-electron chi connectivity index (χ3n) is 4.08. The molecule has 0 bridgehead atoms. The predicted molar refractivity (Wildman–Crippen MR) is 89.3 cm³/mol. The topological polar surface area (TPSA) is 43.8 Å². The molecular weight excluding hydrogens is 258 g/mol. The third kappa shape index (κ3) is 2.40. The molecule has 21 heavy (non-hydrogen) atoms. The van der Waals surface area contributed by atoms with Crippen LogP contribution in [0.5, 0.6) is 0 Å². The number of nitrogens with zero attached hydrogens (tertiary/aromatic N) is 2. The van der Waals surface area contributed by atoms with Crippen molar-refractivity contribution in [2.24, 2.45) is 7.05 Å². The van der Waals surface area contributed by atoms with Crippen molar-refractivity contribution in [3.63, 3.8) is 0 Å². The quantitative estimate of drug-likeness (QED) is 0.734. The van der Waals surface area contributed by atoms with Crippen LogP contribution in [0.25, 0.3) is 22.0 Å². The van der Waals surface area contributed by atoms with Crippen molar-refractivity contribution < 1.29 is 0 Å². The molecule has 0 saturated carbocycles. The van der Waals surface area contributed by atoms with Gasteiger partial charge in [-0.25, -0.2) is 0 Å². The van der Waals surface area contributed by atoms with Gasteiger partial charge in [0.2, 0.25) is 0 Å². The lowest BCUT2D eigenvalue weighted by molar-refractivity contribution is 0.797. The molecule has 108 valence electrons. The standard InChI is InChI=1S/C18H21N3/c1-4-5-13-10-16(17(19)8-12(13)2)14-6-7-18-15(9-14)11-20-21(18)3/h6-11H,4-5,19H2,1-3H3. The van der Waals surface area contributed by atoms with E-state index in [1.54, 1.807) is 0 Å². The molecule has 2 N–H and O–H groups in total. The van der Waals surface area contributed by atoms with Crippen molar-refractivity contribution >= 4 is 16.6 Å². The smallest absolute Gasteiger partial charge is 0.0679 e. The van der Waals surface area contributed by atoms with E-state index < -0.39 is 0 Å². The zero-order chi connectivity index (χ0) is 15.0. The highest BCUT2D eigenvalue weighted by molar-refractivity contribution is 5.87. The Labute approximate surface area is 125 Å². The van der Waals surface area contributed by atoms with Crippen LogP contribution < -0.4 is 5.73 Å². The number of aryl methyl sites for hydroxylation is 3. The molecule has 0 fully saturated rings. The van der Waals surface area contributed by atoms with Gasteiger partial charge in [0.1, 0.15) is 0 Å². The average molecular weight is 279 g/mol. The van der Waals surface area contributed by atoms with Crippen LogP contribution in [-0.4, -0.2) is 9.78 Å². The van der Waals surface area contributed by atoms with Crippen LogP contribution in [0.1, 0.15) is 24.5 Å². The fraction of sp³-hybridized carbons (Fsp3) is 0.278. The highest BCUT2D eigenvalue weighted by Gasteiger charge is 2.09. The van der Waals surface area contributed by atoms with Gasteiger partial charge in [0, 0.05) is 23.7 Å². The molecular formula is C18H21N3. The van der Waals surface area contributed by atoms with Crippen molar-refractivity contribution in [2.75, 3.05) is 5.73 Å². The lowest BCUT2D eigenvalue weighted by Crippen LogP contribution is -1.96. The van der Waals surface area contributed by atoms with Gasteiger partial charge in [-0.1, -0.05) is 19.4 Å². The van der Waals surface area contributed by atoms with Gasteiger partial charge in [0.15, 0.2) is 0 Å². The minimum atomic E-state index is 0.843. The van der Waals surface area contributed by atoms with E-state index in [0.29, 0.717) is 0 Å². The van der Waals surface area contributed by atoms with Crippen molar-refractivity contribution in [3.05, 3.63) is 47.7 Å². The maximum Gasteiger partial charge on any atom is 0.0679 e. The van der Waals surface area contributed by atoms with Gasteiger partial charge in [-0.15, -0.1) is 0 Å². The molecule has 2 aromatic carbocycles. The van der Waals surface area contributed by atoms with Crippen LogP contribution in [0.4, 0.5) is 5.69 Å². The summed E-state index contributed by atoms with van der Waals surface area (Å²) in [5.41, 5.74) is 13.2. The number of anilines is 1. The van der Waals surface area contributed by atoms with E-state index in [1.807, 2.05) is 17.9 Å². The summed E-state index contributed by atoms with van der Waals surface area (Å²) in [6.45, 7) is 4.34. The number of rotatable bonds is 3. The molecule has 1 heterocycles. The Morgan fingerprint density at radius 3 is 2.76 bits per heavy atom. The van der Waals surface area contributed by atoms with Gasteiger partial charge in [0.25, 0.3) is 0 Å². The minimum absolute atomic E-state index is 0.843. The Balaban J connectivity index is 2.14. The first-order chi connectivity index (χ1) is 10.1. The fourth-order valence-electron chi connectivity index (χ4n) is 2.89. The van der Waals surface area contributed by atoms with Crippen LogP contribution in [0.2, 0.25) is 0 Å². The molecule has 0 amide bonds. The second-order valence-corrected chi connectivity index (χ2v) is 5.66. The van der Waals surface area contributed by atoms with Crippen LogP contribution in [0, 0.1) is 6.92 Å². The number of nitrogen functional groups attached to an aromatic ring is 1. The molecule has 0 atom stereocenters. The molecule has 3 aromatic rings. The lowest BCUT2D eigenvalue weighted by atomic mass is 9.95. The number of aromatic nitrogens is 2. The van der Waals surface area contributed by atoms with Crippen LogP contribution >= 0.6 is 0 Å². The molecule has 3 nitrogen and oxygen atoms in total. The summed E-state index contributed by atoms with van der Waals surface area (Å²) < 4.78 is 1.89. The van der Waals surface area contributed by atoms with Crippen molar-refractivity contribution in [1.82, 2.24) is 9.78 Å². The van der Waals surface area contributed by atoms with Crippen molar-refractivity contribution in [2.45, 2.75) is 26.7 Å². The Hall–Kier alpha value is -2.29. The Morgan fingerprint density at radius 2 is 2.00 bits per heavy atom. The summed E-state index contributed by atoms with van der Waals surface area (Å²) in [4.78, 5) is 0. The predicted octanol–water partition coefficient (Wildman–Crippen LogP) is 4.08. The summed E-state index contributed by atoms with van der Waals surface area (Å²) in [5, 5.41) is 5.44. The van der Waals surface area contributed by atoms with E-state index in [1.165, 1.54) is 11.1 Å². The lowest BCUT2D eigenvalue weighted by Gasteiger charge is -2.12. The molecule has 3 heteroatoms. The fourth-order valence-corrected chi connectivity index (χ4v) is 2.89. The largest absolute Gasteiger partial charge is 0.398 e. The van der Waals surface area contributed by atoms with E-state index in [4.69, 9.17) is 5.73 Å². The maximum atomic E-state index is 6.25. The third-order valence-corrected chi connectivity index (χ3v) is 4.08. The summed E-state index contributed by atoms with van der Waals surface area (Å²) in [6.07, 6.45) is 4.14. The second kappa shape index (κ2) is 5.24. The van der Waals surface area contributed by atoms with Crippen molar-refractivity contribution in [1.29, 1.82) is 0 Å². The molecule has 0 saturated heterocycles. The zero-order valence-electron chi connectivity index (χ0n) is 12.9. The molecule has 1 aromatic heterocycles. The maximum absolute atomic E-state index is 6.25. The van der Waals surface area contributed by atoms with E-state index >= 15 is 0 Å². The molecule has 3 rings (SSSR count). The van der Waals surface area contributed by atoms with Gasteiger partial charge in [-0.3, -0.25) is 4.68 Å². The molecule has 0 aliphatic rings. The normalized spacial score (nSPS) is 11.2. The monoisotopic (exact) mass is 279 g/mol. The summed E-state index contributed by atoms with van der Waals surface area (Å²) in [6, 6.07) is 10.7. The first-order valence-corrected chi connectivity index (χ1v) is 7.41. The van der Waals surface area contributed by atoms with E-state index in [2.05, 4.69) is 49.3 Å². The van der Waals surface area contributed by atoms with Gasteiger partial charge in [0.05, 0.1) is 11.7 Å². The van der Waals surface area contributed by atoms with E-state index in [9.17, 15) is 0 Å². The highest BCUT2D eigenvalue weighted by Crippen LogP contribution is 2.31. The minimum Gasteiger partial charge on any atom is -0.398 e. The number of fused-ring (bicyclic) bond motifs is 1. The number of nitrogens with two attached hydrogens (primary N) is 1. The molecule has 0 aliphatic carbocycles. The second-order valence-electron chi connectivity index (χ2n) is 5.66. The Kier molecular flexibility index (Phi) is 3.42. The van der Waals surface area contributed by atoms with Crippen LogP contribution in [-0.2, 0) is 13.5 Å². The molecule has 0 radical (unpaired) electrons. The SMILES string of the molecule is CCCc1cc(-c2ccc3c(cnn3C)c2)c(N)cc1C. The Morgan fingerprint density at radius 1 is 1.19 bits per heavy atom. The number of benzene rings is 2. The summed E-state index contributed by atoms with van der Waals surface area (Å²) >= 11 is 0. The first-order valence-electron chi connectivity index (χ1n) is 7.41. The average Bonchev–Trinajstić information content (AvgIpc) is 2.83. The zero-order valence-corrected chi connectivity index (χ0v) is 12.9. The van der Waals surface area contributed by atoms with Gasteiger partial charge < -0.3 is 5.73 Å².